The molecule has 1 aromatic heterocycles. The van der Waals surface area contributed by atoms with E-state index < -0.39 is 5.54 Å². The lowest BCUT2D eigenvalue weighted by Gasteiger charge is -2.36. The van der Waals surface area contributed by atoms with Gasteiger partial charge >= 0.3 is 0 Å². The molecule has 5 nitrogen and oxygen atoms in total. The number of aromatic nitrogens is 1. The summed E-state index contributed by atoms with van der Waals surface area (Å²) in [6, 6.07) is 8.06. The van der Waals surface area contributed by atoms with Gasteiger partial charge in [-0.1, -0.05) is 31.4 Å². The molecular formula is C19H25N3O2S2. The molecule has 0 spiro atoms. The molecule has 0 saturated heterocycles. The molecule has 1 saturated carbocycles. The lowest BCUT2D eigenvalue weighted by Crippen LogP contribution is -2.60. The van der Waals surface area contributed by atoms with Gasteiger partial charge in [0.2, 0.25) is 11.8 Å². The number of para-hydroxylation sites is 1. The first-order valence-corrected chi connectivity index (χ1v) is 11.1. The average Bonchev–Trinajstić information content (AvgIpc) is 3.05. The first kappa shape index (κ1) is 19.2. The molecule has 2 N–H and O–H groups in total. The first-order chi connectivity index (χ1) is 12.6. The predicted octanol–water partition coefficient (Wildman–Crippen LogP) is 3.48. The zero-order valence-corrected chi connectivity index (χ0v) is 16.7. The highest BCUT2D eigenvalue weighted by molar-refractivity contribution is 7.99. The number of hydrogen-bond donors (Lipinski definition) is 2. The third-order valence-electron chi connectivity index (χ3n) is 4.65. The van der Waals surface area contributed by atoms with Crippen LogP contribution in [-0.2, 0) is 15.3 Å². The highest BCUT2D eigenvalue weighted by atomic mass is 32.2. The Balaban J connectivity index is 1.54. The standard InChI is InChI=1S/C19H25N3O2S2/c1-2-20-18(24)19(10-6-3-7-11-19)22-16(23)12-25-13-17-21-14-8-4-5-9-15(14)26-17/h4-5,8-9H,2-3,6-7,10-13H2,1H3,(H,20,24)(H,22,23). The second-order valence-electron chi connectivity index (χ2n) is 6.62. The maximum Gasteiger partial charge on any atom is 0.245 e. The van der Waals surface area contributed by atoms with E-state index in [4.69, 9.17) is 0 Å². The number of carbonyl (C=O) groups excluding carboxylic acids is 2. The average molecular weight is 392 g/mol. The number of thioether (sulfide) groups is 1. The van der Waals surface area contributed by atoms with E-state index in [9.17, 15) is 9.59 Å². The molecule has 2 aromatic rings. The Kier molecular flexibility index (Phi) is 6.53. The monoisotopic (exact) mass is 391 g/mol. The van der Waals surface area contributed by atoms with E-state index in [2.05, 4.69) is 21.7 Å². The molecule has 2 amide bonds. The van der Waals surface area contributed by atoms with E-state index >= 15 is 0 Å². The van der Waals surface area contributed by atoms with E-state index in [0.29, 0.717) is 18.1 Å². The van der Waals surface area contributed by atoms with Gasteiger partial charge in [0.15, 0.2) is 0 Å². The number of carbonyl (C=O) groups is 2. The first-order valence-electron chi connectivity index (χ1n) is 9.14. The van der Waals surface area contributed by atoms with Crippen molar-refractivity contribution in [2.45, 2.75) is 50.3 Å². The number of nitrogens with one attached hydrogen (secondary N) is 2. The van der Waals surface area contributed by atoms with Crippen molar-refractivity contribution in [3.8, 4) is 0 Å². The van der Waals surface area contributed by atoms with Crippen molar-refractivity contribution >= 4 is 45.1 Å². The van der Waals surface area contributed by atoms with Crippen LogP contribution in [0.2, 0.25) is 0 Å². The summed E-state index contributed by atoms with van der Waals surface area (Å²) in [6.45, 7) is 2.49. The minimum Gasteiger partial charge on any atom is -0.354 e. The van der Waals surface area contributed by atoms with Crippen molar-refractivity contribution in [2.24, 2.45) is 0 Å². The second-order valence-corrected chi connectivity index (χ2v) is 8.72. The molecule has 1 aliphatic rings. The summed E-state index contributed by atoms with van der Waals surface area (Å²) in [6.07, 6.45) is 4.55. The number of benzene rings is 1. The van der Waals surface area contributed by atoms with Gasteiger partial charge in [0, 0.05) is 12.3 Å². The zero-order chi connectivity index (χ0) is 18.4. The van der Waals surface area contributed by atoms with Gasteiger partial charge in [-0.25, -0.2) is 4.98 Å². The zero-order valence-electron chi connectivity index (χ0n) is 15.0. The van der Waals surface area contributed by atoms with Gasteiger partial charge in [-0.3, -0.25) is 9.59 Å². The topological polar surface area (TPSA) is 71.1 Å². The number of nitrogens with zero attached hydrogens (tertiary/aromatic N) is 1. The Morgan fingerprint density at radius 2 is 2.00 bits per heavy atom. The summed E-state index contributed by atoms with van der Waals surface area (Å²) in [5, 5.41) is 6.96. The lowest BCUT2D eigenvalue weighted by molar-refractivity contribution is -0.134. The van der Waals surface area contributed by atoms with E-state index in [1.54, 1.807) is 23.1 Å². The molecule has 1 fully saturated rings. The van der Waals surface area contributed by atoms with Gasteiger partial charge in [-0.2, -0.15) is 0 Å². The van der Waals surface area contributed by atoms with Crippen LogP contribution in [0.25, 0.3) is 10.2 Å². The highest BCUT2D eigenvalue weighted by Gasteiger charge is 2.40. The summed E-state index contributed by atoms with van der Waals surface area (Å²) in [4.78, 5) is 29.6. The van der Waals surface area contributed by atoms with Crippen LogP contribution < -0.4 is 10.6 Å². The lowest BCUT2D eigenvalue weighted by atomic mass is 9.80. The number of thiazole rings is 1. The number of amides is 2. The highest BCUT2D eigenvalue weighted by Crippen LogP contribution is 2.29. The third-order valence-corrected chi connectivity index (χ3v) is 6.82. The summed E-state index contributed by atoms with van der Waals surface area (Å²) in [5.41, 5.74) is 0.289. The van der Waals surface area contributed by atoms with Crippen LogP contribution in [0.5, 0.6) is 0 Å². The van der Waals surface area contributed by atoms with Crippen LogP contribution in [0.4, 0.5) is 0 Å². The molecule has 0 bridgehead atoms. The molecule has 0 radical (unpaired) electrons. The fourth-order valence-corrected chi connectivity index (χ4v) is 5.26. The van der Waals surface area contributed by atoms with Crippen molar-refractivity contribution in [2.75, 3.05) is 12.3 Å². The SMILES string of the molecule is CCNC(=O)C1(NC(=O)CSCc2nc3ccccc3s2)CCCCC1. The molecule has 26 heavy (non-hydrogen) atoms. The molecule has 1 heterocycles. The van der Waals surface area contributed by atoms with Gasteiger partial charge in [-0.15, -0.1) is 23.1 Å². The van der Waals surface area contributed by atoms with E-state index in [0.717, 1.165) is 42.6 Å². The summed E-state index contributed by atoms with van der Waals surface area (Å²) in [7, 11) is 0. The summed E-state index contributed by atoms with van der Waals surface area (Å²) >= 11 is 3.21. The van der Waals surface area contributed by atoms with E-state index in [1.165, 1.54) is 4.70 Å². The summed E-state index contributed by atoms with van der Waals surface area (Å²) < 4.78 is 1.17. The van der Waals surface area contributed by atoms with Crippen LogP contribution in [0.1, 0.15) is 44.0 Å². The molecule has 7 heteroatoms. The number of fused-ring (bicyclic) bond motifs is 1. The molecule has 3 rings (SSSR count). The molecule has 1 aromatic carbocycles. The van der Waals surface area contributed by atoms with Gasteiger partial charge in [-0.05, 0) is 31.9 Å². The minimum atomic E-state index is -0.720. The molecule has 140 valence electrons. The van der Waals surface area contributed by atoms with Crippen molar-refractivity contribution in [1.29, 1.82) is 0 Å². The van der Waals surface area contributed by atoms with Crippen LogP contribution >= 0.6 is 23.1 Å². The number of hydrogen-bond acceptors (Lipinski definition) is 5. The molecule has 0 aliphatic heterocycles. The predicted molar refractivity (Wildman–Crippen MR) is 108 cm³/mol. The molecule has 1 aliphatic carbocycles. The van der Waals surface area contributed by atoms with Crippen molar-refractivity contribution in [1.82, 2.24) is 15.6 Å². The molecule has 0 atom stereocenters. The van der Waals surface area contributed by atoms with Crippen molar-refractivity contribution in [3.63, 3.8) is 0 Å². The van der Waals surface area contributed by atoms with Crippen molar-refractivity contribution < 1.29 is 9.59 Å². The third kappa shape index (κ3) is 4.57. The largest absolute Gasteiger partial charge is 0.354 e. The van der Waals surface area contributed by atoms with Crippen LogP contribution in [0.15, 0.2) is 24.3 Å². The fraction of sp³-hybridized carbons (Fsp3) is 0.526. The quantitative estimate of drug-likeness (QED) is 0.758. The van der Waals surface area contributed by atoms with Crippen LogP contribution in [0.3, 0.4) is 0 Å². The Morgan fingerprint density at radius 1 is 1.23 bits per heavy atom. The smallest absolute Gasteiger partial charge is 0.245 e. The Hall–Kier alpha value is -1.60. The summed E-state index contributed by atoms with van der Waals surface area (Å²) in [5.74, 6) is 0.950. The van der Waals surface area contributed by atoms with Crippen LogP contribution in [-0.4, -0.2) is 34.6 Å². The molecule has 0 unspecified atom stereocenters. The number of rotatable bonds is 7. The van der Waals surface area contributed by atoms with Gasteiger partial charge in [0.1, 0.15) is 10.5 Å². The van der Waals surface area contributed by atoms with Gasteiger partial charge in [0.25, 0.3) is 0 Å². The van der Waals surface area contributed by atoms with Gasteiger partial charge in [0.05, 0.1) is 16.0 Å². The Morgan fingerprint density at radius 3 is 2.73 bits per heavy atom. The normalized spacial score (nSPS) is 16.3. The minimum absolute atomic E-state index is 0.0378. The van der Waals surface area contributed by atoms with E-state index in [-0.39, 0.29) is 11.8 Å². The maximum atomic E-state index is 12.5. The van der Waals surface area contributed by atoms with Crippen LogP contribution in [0, 0.1) is 0 Å². The van der Waals surface area contributed by atoms with E-state index in [1.807, 2.05) is 25.1 Å². The van der Waals surface area contributed by atoms with Crippen molar-refractivity contribution in [3.05, 3.63) is 29.3 Å². The second kappa shape index (κ2) is 8.86. The van der Waals surface area contributed by atoms with Gasteiger partial charge < -0.3 is 10.6 Å². The Labute approximate surface area is 162 Å². The number of likely N-dealkylation sites (N-methyl/N-ethyl adjacent to an activating group) is 1. The molecular weight excluding hydrogens is 366 g/mol. The maximum absolute atomic E-state index is 12.5. The Bertz CT molecular complexity index is 736. The fourth-order valence-electron chi connectivity index (χ4n) is 3.41.